The maximum atomic E-state index is 9.58. The van der Waals surface area contributed by atoms with Gasteiger partial charge in [0.1, 0.15) is 0 Å². The molecule has 0 rings (SSSR count). The van der Waals surface area contributed by atoms with Crippen LogP contribution in [0, 0.1) is 0 Å². The molecule has 0 aliphatic rings. The van der Waals surface area contributed by atoms with Crippen molar-refractivity contribution in [2.45, 2.75) is 0 Å². The highest BCUT2D eigenvalue weighted by molar-refractivity contribution is 5.35. The molecule has 0 unspecified atom stereocenters. The van der Waals surface area contributed by atoms with E-state index in [1.807, 2.05) is 0 Å². The van der Waals surface area contributed by atoms with Gasteiger partial charge < -0.3 is 0 Å². The van der Waals surface area contributed by atoms with Crippen molar-refractivity contribution >= 4 is 6.47 Å². The molecule has 68 nitrogen and oxygen atoms in total. The first kappa shape index (κ1) is 65.8. The Balaban J connectivity index is 3.07. The minimum atomic E-state index is -0.196. The Labute approximate surface area is 351 Å². The summed E-state index contributed by atoms with van der Waals surface area (Å²) in [5, 5.41) is 233. The van der Waals surface area contributed by atoms with Gasteiger partial charge in [0, 0.05) is 287 Å². The second kappa shape index (κ2) is 64.8. The quantitative estimate of drug-likeness (QED) is 0.0258. The maximum absolute atomic E-state index is 9.58. The Hall–Kier alpha value is -3.17. The van der Waals surface area contributed by atoms with Crippen molar-refractivity contribution in [3.05, 3.63) is 0 Å². The first-order chi connectivity index (χ1) is 34.4. The van der Waals surface area contributed by atoms with Crippen LogP contribution in [0.25, 0.3) is 0 Å². The lowest BCUT2D eigenvalue weighted by atomic mass is 11.7. The molecule has 0 aromatic carbocycles. The molecule has 0 aliphatic heterocycles. The van der Waals surface area contributed by atoms with Crippen LogP contribution in [0.3, 0.4) is 0 Å². The normalized spacial score (nSPS) is 11.6. The molecular formula is CH2O68. The first-order valence-corrected chi connectivity index (χ1v) is 11.5. The lowest BCUT2D eigenvalue weighted by Gasteiger charge is -2.00. The number of carbonyl (C=O) groups is 1. The van der Waals surface area contributed by atoms with Gasteiger partial charge in [0.2, 0.25) is 0 Å². The van der Waals surface area contributed by atoms with E-state index in [9.17, 15) is 4.79 Å². The van der Waals surface area contributed by atoms with Gasteiger partial charge in [0.05, 0.1) is 0 Å². The summed E-state index contributed by atoms with van der Waals surface area (Å²) in [7, 11) is 0. The summed E-state index contributed by atoms with van der Waals surface area (Å²) in [5.41, 5.74) is 0. The summed E-state index contributed by atoms with van der Waals surface area (Å²) in [6.45, 7) is -0.196. The molecule has 1 N–H and O–H groups in total. The van der Waals surface area contributed by atoms with Gasteiger partial charge in [-0.05, 0) is 40.3 Å². The van der Waals surface area contributed by atoms with Gasteiger partial charge in [-0.25, -0.2) is 5.26 Å². The molecule has 0 aliphatic carbocycles. The second-order valence-electron chi connectivity index (χ2n) is 4.62. The number of rotatable bonds is 66. The third-order valence-electron chi connectivity index (χ3n) is 1.86. The molecule has 414 valence electrons. The zero-order chi connectivity index (χ0) is 49.4. The monoisotopic (exact) mass is 1100 g/mol. The zero-order valence-corrected chi connectivity index (χ0v) is 28.4. The van der Waals surface area contributed by atoms with E-state index in [2.05, 4.69) is 332 Å². The smallest absolute Gasteiger partial charge is 0.270 e. The van der Waals surface area contributed by atoms with Crippen LogP contribution in [0.1, 0.15) is 0 Å². The van der Waals surface area contributed by atoms with Crippen molar-refractivity contribution in [1.29, 1.82) is 0 Å². The molecule has 0 saturated carbocycles. The number of hydrogen-bond acceptors (Lipinski definition) is 68. The van der Waals surface area contributed by atoms with Crippen LogP contribution in [0.5, 0.6) is 0 Å². The van der Waals surface area contributed by atoms with Crippen molar-refractivity contribution < 1.29 is 342 Å². The zero-order valence-electron chi connectivity index (χ0n) is 28.4. The first-order valence-electron chi connectivity index (χ1n) is 11.5. The number of hydrogen-bond donors (Lipinski definition) is 1. The predicted molar refractivity (Wildman–Crippen MR) is 80.3 cm³/mol. The van der Waals surface area contributed by atoms with E-state index < -0.39 is 0 Å². The van der Waals surface area contributed by atoms with Crippen LogP contribution in [0.15, 0.2) is 0 Å². The predicted octanol–water partition coefficient (Wildman–Crippen LogP) is -4.81. The van der Waals surface area contributed by atoms with Gasteiger partial charge in [-0.2, -0.15) is 0 Å². The largest absolute Gasteiger partial charge is 0.334 e. The summed E-state index contributed by atoms with van der Waals surface area (Å²) in [5.74, 6) is 0. The lowest BCUT2D eigenvalue weighted by molar-refractivity contribution is -0.912. The van der Waals surface area contributed by atoms with Crippen LogP contribution < -0.4 is 0 Å². The summed E-state index contributed by atoms with van der Waals surface area (Å²) >= 11 is 0. The van der Waals surface area contributed by atoms with Crippen LogP contribution in [0.2, 0.25) is 0 Å². The van der Waals surface area contributed by atoms with Gasteiger partial charge in [-0.15, -0.1) is 0 Å². The molecule has 0 saturated heterocycles. The van der Waals surface area contributed by atoms with E-state index >= 15 is 0 Å². The molecule has 0 atom stereocenters. The van der Waals surface area contributed by atoms with Gasteiger partial charge in [0.15, 0.2) is 0 Å². The molecule has 0 radical (unpaired) electrons. The molecular weight excluding hydrogens is 1100 g/mol. The minimum Gasteiger partial charge on any atom is -0.270 e. The third kappa shape index (κ3) is 64.8. The highest BCUT2D eigenvalue weighted by atomic mass is 18.1. The van der Waals surface area contributed by atoms with E-state index in [1.54, 1.807) is 0 Å². The van der Waals surface area contributed by atoms with Crippen molar-refractivity contribution in [2.24, 2.45) is 0 Å². The molecule has 0 aromatic rings. The van der Waals surface area contributed by atoms with Gasteiger partial charge in [-0.3, -0.25) is 9.68 Å². The summed E-state index contributed by atoms with van der Waals surface area (Å²) < 4.78 is 0. The van der Waals surface area contributed by atoms with E-state index in [0.29, 0.717) is 0 Å². The van der Waals surface area contributed by atoms with E-state index in [1.165, 1.54) is 0 Å². The van der Waals surface area contributed by atoms with Crippen molar-refractivity contribution in [3.63, 3.8) is 0 Å². The minimum absolute atomic E-state index is 0.196. The van der Waals surface area contributed by atoms with Gasteiger partial charge >= 0.3 is 6.47 Å². The second-order valence-corrected chi connectivity index (χ2v) is 4.62. The topological polar surface area (TPSA) is 646 Å². The Kier molecular flexibility index (Phi) is 61.9. The Bertz CT molecular complexity index is 849. The molecule has 68 heteroatoms. The summed E-state index contributed by atoms with van der Waals surface area (Å²) in [4.78, 5) is 13.1. The molecule has 69 heavy (non-hydrogen) atoms. The molecule has 0 amide bonds. The fourth-order valence-electron chi connectivity index (χ4n) is 0.748. The van der Waals surface area contributed by atoms with E-state index in [4.69, 9.17) is 5.26 Å². The van der Waals surface area contributed by atoms with Crippen molar-refractivity contribution in [3.8, 4) is 0 Å². The molecule has 0 aromatic heterocycles. The molecule has 0 bridgehead atoms. The van der Waals surface area contributed by atoms with E-state index in [-0.39, 0.29) is 6.47 Å². The average Bonchev–Trinajstić information content (AvgIpc) is 3.36. The Morgan fingerprint density at radius 2 is 0.232 bits per heavy atom. The molecule has 0 heterocycles. The fraction of sp³-hybridized carbons (Fsp3) is 0. The number of carbonyl (C=O) groups excluding carboxylic acids is 1. The fourth-order valence-corrected chi connectivity index (χ4v) is 0.748. The van der Waals surface area contributed by atoms with Crippen LogP contribution >= 0.6 is 0 Å². The standard InChI is InChI=1S/CH2O68/c2-1-4-6-8-10-12-14-16-18-20-22-24-26-28-30-32-34-36-38-40-42-44-46-48-50-52-54-56-58-60-62-64-66-68-69-67-65-63-61-59-57-55-53-51-49-47-45-43-41-39-37-35-33-31-29-27-25-23-21-19-17-15-13-11-9-7-5-3/h1,3H. The van der Waals surface area contributed by atoms with Gasteiger partial charge in [0.25, 0.3) is 0 Å². The van der Waals surface area contributed by atoms with Crippen LogP contribution in [-0.2, 0) is 337 Å². The highest BCUT2D eigenvalue weighted by Gasteiger charge is 2.06. The summed E-state index contributed by atoms with van der Waals surface area (Å²) in [6.07, 6.45) is 0. The summed E-state index contributed by atoms with van der Waals surface area (Å²) in [6, 6.07) is 0. The van der Waals surface area contributed by atoms with E-state index in [0.717, 1.165) is 0 Å². The third-order valence-corrected chi connectivity index (χ3v) is 1.86. The van der Waals surface area contributed by atoms with Crippen molar-refractivity contribution in [2.75, 3.05) is 0 Å². The SMILES string of the molecule is O=COOOOOOOOOOOOOOOOOOOOOOOOOOOOOOOOOOOOOOOOOOOOOOOOOOOOOOOOOOOOOOOOOOO. The van der Waals surface area contributed by atoms with Crippen LogP contribution in [-0.4, -0.2) is 11.7 Å². The highest BCUT2D eigenvalue weighted by Crippen LogP contribution is 1.99. The average molecular weight is 1100 g/mol. The lowest BCUT2D eigenvalue weighted by Crippen LogP contribution is -2.07. The maximum Gasteiger partial charge on any atom is 0.334 e. The molecule has 0 fully saturated rings. The van der Waals surface area contributed by atoms with Crippen LogP contribution in [0.4, 0.5) is 0 Å². The van der Waals surface area contributed by atoms with Crippen molar-refractivity contribution in [1.82, 2.24) is 0 Å². The Morgan fingerprint density at radius 3 is 0.319 bits per heavy atom. The molecule has 0 spiro atoms. The van der Waals surface area contributed by atoms with Gasteiger partial charge in [-0.1, -0.05) is 0 Å². The Morgan fingerprint density at radius 1 is 0.145 bits per heavy atom.